The van der Waals surface area contributed by atoms with E-state index >= 15 is 0 Å². The zero-order chi connectivity index (χ0) is 9.54. The van der Waals surface area contributed by atoms with Gasteiger partial charge in [-0.1, -0.05) is 27.2 Å². The average molecular weight is 189 g/mol. The Balaban J connectivity index is -0.0000000406. The van der Waals surface area contributed by atoms with Gasteiger partial charge in [0.1, 0.15) is 0 Å². The molecule has 0 aliphatic heterocycles. The van der Waals surface area contributed by atoms with Crippen LogP contribution in [0.1, 0.15) is 33.6 Å². The van der Waals surface area contributed by atoms with Crippen LogP contribution in [-0.2, 0) is 0 Å². The van der Waals surface area contributed by atoms with Crippen molar-refractivity contribution >= 4 is 23.1 Å². The van der Waals surface area contributed by atoms with Gasteiger partial charge in [-0.25, -0.2) is 0 Å². The van der Waals surface area contributed by atoms with Crippen LogP contribution in [0.15, 0.2) is 0 Å². The Bertz CT molecular complexity index is 33.5. The molecule has 0 saturated carbocycles. The third-order valence-electron chi connectivity index (χ3n) is 0.512. The number of hydrogen-bond acceptors (Lipinski definition) is 3. The summed E-state index contributed by atoms with van der Waals surface area (Å²) >= 11 is 0. The van der Waals surface area contributed by atoms with Crippen molar-refractivity contribution in [1.82, 2.24) is 0 Å². The molecular formula is C8H20MgO3. The zero-order valence-electron chi connectivity index (χ0n) is 8.51. The summed E-state index contributed by atoms with van der Waals surface area (Å²) in [6, 6.07) is 0. The van der Waals surface area contributed by atoms with Gasteiger partial charge >= 0.3 is 23.1 Å². The molecule has 0 aromatic heterocycles. The summed E-state index contributed by atoms with van der Waals surface area (Å²) in [4.78, 5) is 0. The summed E-state index contributed by atoms with van der Waals surface area (Å²) in [5, 5.41) is 25.9. The minimum atomic E-state index is 0. The van der Waals surface area contributed by atoms with Crippen LogP contribution in [-0.4, -0.2) is 48.0 Å². The smallest absolute Gasteiger partial charge is 0.855 e. The molecule has 0 aromatic carbocycles. The molecule has 0 rings (SSSR count). The second-order valence-electron chi connectivity index (χ2n) is 1.65. The van der Waals surface area contributed by atoms with Crippen LogP contribution in [0.2, 0.25) is 0 Å². The second-order valence-corrected chi connectivity index (χ2v) is 1.65. The number of aliphatic hydroxyl groups excluding tert-OH is 1. The Morgan fingerprint density at radius 2 is 1.25 bits per heavy atom. The van der Waals surface area contributed by atoms with Gasteiger partial charge in [0.2, 0.25) is 0 Å². The molecule has 0 fully saturated rings. The minimum absolute atomic E-state index is 0. The SMILES string of the molecule is CCCCO.CC[O-].CC[O-].[Mg+2]. The molecule has 0 saturated heterocycles. The van der Waals surface area contributed by atoms with Crippen molar-refractivity contribution in [2.45, 2.75) is 33.6 Å². The van der Waals surface area contributed by atoms with Crippen LogP contribution in [0, 0.1) is 0 Å². The normalized spacial score (nSPS) is 6.50. The van der Waals surface area contributed by atoms with Crippen molar-refractivity contribution in [1.29, 1.82) is 0 Å². The van der Waals surface area contributed by atoms with E-state index < -0.39 is 0 Å². The third-order valence-corrected chi connectivity index (χ3v) is 0.512. The van der Waals surface area contributed by atoms with Crippen LogP contribution in [0.5, 0.6) is 0 Å². The Morgan fingerprint density at radius 1 is 1.00 bits per heavy atom. The van der Waals surface area contributed by atoms with Gasteiger partial charge in [0.25, 0.3) is 0 Å². The van der Waals surface area contributed by atoms with E-state index in [0.717, 1.165) is 12.8 Å². The Hall–Kier alpha value is 0.646. The van der Waals surface area contributed by atoms with Gasteiger partial charge in [-0.2, -0.15) is 0 Å². The van der Waals surface area contributed by atoms with Crippen LogP contribution in [0.3, 0.4) is 0 Å². The fourth-order valence-corrected chi connectivity index (χ4v) is 0.158. The van der Waals surface area contributed by atoms with Crippen molar-refractivity contribution in [3.8, 4) is 0 Å². The predicted molar refractivity (Wildman–Crippen MR) is 48.8 cm³/mol. The Morgan fingerprint density at radius 3 is 1.25 bits per heavy atom. The van der Waals surface area contributed by atoms with Gasteiger partial charge in [0.15, 0.2) is 0 Å². The Kier molecular flexibility index (Phi) is 79.2. The summed E-state index contributed by atoms with van der Waals surface area (Å²) in [7, 11) is 0. The zero-order valence-corrected chi connectivity index (χ0v) is 9.92. The van der Waals surface area contributed by atoms with E-state index in [1.54, 1.807) is 13.8 Å². The molecule has 12 heavy (non-hydrogen) atoms. The molecule has 72 valence electrons. The number of hydrogen-bond donors (Lipinski definition) is 1. The molecule has 0 amide bonds. The van der Waals surface area contributed by atoms with Gasteiger partial charge in [0.05, 0.1) is 0 Å². The second kappa shape index (κ2) is 41.4. The maximum absolute atomic E-state index is 8.93. The maximum Gasteiger partial charge on any atom is 2.00 e. The van der Waals surface area contributed by atoms with Gasteiger partial charge in [-0.15, -0.1) is 13.2 Å². The van der Waals surface area contributed by atoms with Crippen molar-refractivity contribution in [3.63, 3.8) is 0 Å². The first-order valence-electron chi connectivity index (χ1n) is 4.01. The van der Waals surface area contributed by atoms with Gasteiger partial charge in [-0.3, -0.25) is 0 Å². The first-order valence-corrected chi connectivity index (χ1v) is 4.01. The van der Waals surface area contributed by atoms with E-state index in [1.807, 2.05) is 0 Å². The maximum atomic E-state index is 8.93. The van der Waals surface area contributed by atoms with Crippen LogP contribution in [0.25, 0.3) is 0 Å². The third kappa shape index (κ3) is 141. The molecule has 0 unspecified atom stereocenters. The van der Waals surface area contributed by atoms with Gasteiger partial charge < -0.3 is 15.3 Å². The largest absolute Gasteiger partial charge is 2.00 e. The van der Waals surface area contributed by atoms with Crippen LogP contribution in [0.4, 0.5) is 0 Å². The fraction of sp³-hybridized carbons (Fsp3) is 1.00. The standard InChI is InChI=1S/C4H10O.2C2H5O.Mg/c1-2-3-4-5;2*1-2-3;/h5H,2-4H2,1H3;2*2H2,1H3;/q;2*-1;+2. The first kappa shape index (κ1) is 22.9. The molecule has 0 spiro atoms. The predicted octanol–water partition coefficient (Wildman–Crippen LogP) is -0.869. The van der Waals surface area contributed by atoms with E-state index in [2.05, 4.69) is 6.92 Å². The molecule has 1 N–H and O–H groups in total. The summed E-state index contributed by atoms with van der Waals surface area (Å²) < 4.78 is 0. The van der Waals surface area contributed by atoms with Gasteiger partial charge in [0, 0.05) is 6.61 Å². The van der Waals surface area contributed by atoms with Crippen LogP contribution < -0.4 is 10.2 Å². The monoisotopic (exact) mass is 188 g/mol. The van der Waals surface area contributed by atoms with Crippen molar-refractivity contribution in [2.75, 3.05) is 19.8 Å². The Labute approximate surface area is 92.0 Å². The molecular weight excluding hydrogens is 168 g/mol. The molecule has 0 aromatic rings. The molecule has 0 radical (unpaired) electrons. The topological polar surface area (TPSA) is 66.3 Å². The number of aliphatic hydroxyl groups is 1. The summed E-state index contributed by atoms with van der Waals surface area (Å²) in [6.07, 6.45) is 2.04. The fourth-order valence-electron chi connectivity index (χ4n) is 0.158. The first-order chi connectivity index (χ1) is 5.24. The van der Waals surface area contributed by atoms with E-state index in [4.69, 9.17) is 15.3 Å². The van der Waals surface area contributed by atoms with Gasteiger partial charge in [-0.05, 0) is 6.42 Å². The summed E-state index contributed by atoms with van der Waals surface area (Å²) in [5.74, 6) is 0. The number of unbranched alkanes of at least 4 members (excludes halogenated alkanes) is 1. The molecule has 3 nitrogen and oxygen atoms in total. The minimum Gasteiger partial charge on any atom is -0.855 e. The van der Waals surface area contributed by atoms with Crippen LogP contribution >= 0.6 is 0 Å². The summed E-state index contributed by atoms with van der Waals surface area (Å²) in [6.45, 7) is 5.53. The van der Waals surface area contributed by atoms with E-state index in [1.165, 1.54) is 0 Å². The van der Waals surface area contributed by atoms with Crippen molar-refractivity contribution in [2.24, 2.45) is 0 Å². The quantitative estimate of drug-likeness (QED) is 0.573. The van der Waals surface area contributed by atoms with E-state index in [0.29, 0.717) is 6.61 Å². The van der Waals surface area contributed by atoms with E-state index in [9.17, 15) is 0 Å². The molecule has 4 heteroatoms. The van der Waals surface area contributed by atoms with Crippen molar-refractivity contribution in [3.05, 3.63) is 0 Å². The summed E-state index contributed by atoms with van der Waals surface area (Å²) in [5.41, 5.74) is 0. The molecule has 0 heterocycles. The molecule has 0 atom stereocenters. The number of rotatable bonds is 2. The molecule has 0 aliphatic rings. The molecule has 0 aliphatic carbocycles. The average Bonchev–Trinajstić information content (AvgIpc) is 1.92. The van der Waals surface area contributed by atoms with E-state index in [-0.39, 0.29) is 36.3 Å². The van der Waals surface area contributed by atoms with Crippen molar-refractivity contribution < 1.29 is 15.3 Å². The molecule has 0 bridgehead atoms.